The number of benzene rings is 1. The number of thiocarbonyl (C=S) groups is 1. The second-order valence-corrected chi connectivity index (χ2v) is 5.54. The van der Waals surface area contributed by atoms with Crippen molar-refractivity contribution in [2.75, 3.05) is 24.6 Å². The largest absolute Gasteiger partial charge is 0.389 e. The van der Waals surface area contributed by atoms with Crippen molar-refractivity contribution in [3.63, 3.8) is 0 Å². The Balaban J connectivity index is 2.13. The maximum atomic E-state index is 6.01. The molecule has 0 amide bonds. The first kappa shape index (κ1) is 14.6. The Morgan fingerprint density at radius 2 is 2.16 bits per heavy atom. The van der Waals surface area contributed by atoms with Crippen LogP contribution in [0.15, 0.2) is 18.2 Å². The summed E-state index contributed by atoms with van der Waals surface area (Å²) in [6.45, 7) is 4.74. The average molecular weight is 299 g/mol. The van der Waals surface area contributed by atoms with Crippen molar-refractivity contribution in [2.24, 2.45) is 5.73 Å². The second-order valence-electron chi connectivity index (χ2n) is 4.67. The minimum absolute atomic E-state index is 0.377. The van der Waals surface area contributed by atoms with E-state index in [4.69, 9.17) is 34.3 Å². The number of anilines is 1. The van der Waals surface area contributed by atoms with E-state index in [1.54, 1.807) is 0 Å². The van der Waals surface area contributed by atoms with Crippen LogP contribution in [0.5, 0.6) is 0 Å². The molecule has 1 aliphatic heterocycles. The molecule has 2 rings (SSSR count). The van der Waals surface area contributed by atoms with Crippen LogP contribution in [0.25, 0.3) is 0 Å². The van der Waals surface area contributed by atoms with Gasteiger partial charge in [-0.1, -0.05) is 23.8 Å². The minimum Gasteiger partial charge on any atom is -0.389 e. The van der Waals surface area contributed by atoms with Crippen molar-refractivity contribution in [3.8, 4) is 0 Å². The highest BCUT2D eigenvalue weighted by atomic mass is 35.5. The summed E-state index contributed by atoms with van der Waals surface area (Å²) in [5, 5.41) is 0.663. The quantitative estimate of drug-likeness (QED) is 0.867. The fourth-order valence-electron chi connectivity index (χ4n) is 2.48. The third-order valence-corrected chi connectivity index (χ3v) is 3.86. The molecule has 1 aliphatic rings. The summed E-state index contributed by atoms with van der Waals surface area (Å²) in [4.78, 5) is 2.70. The number of hydrogen-bond donors (Lipinski definition) is 1. The molecule has 0 bridgehead atoms. The van der Waals surface area contributed by atoms with E-state index in [1.165, 1.54) is 0 Å². The van der Waals surface area contributed by atoms with E-state index in [0.717, 1.165) is 43.8 Å². The van der Waals surface area contributed by atoms with E-state index in [9.17, 15) is 0 Å². The lowest BCUT2D eigenvalue weighted by atomic mass is 10.0. The number of halogens is 1. The number of piperidine rings is 1. The van der Waals surface area contributed by atoms with Gasteiger partial charge in [0.15, 0.2) is 0 Å². The Labute approximate surface area is 124 Å². The van der Waals surface area contributed by atoms with Crippen molar-refractivity contribution in [1.82, 2.24) is 0 Å². The van der Waals surface area contributed by atoms with Crippen molar-refractivity contribution in [2.45, 2.75) is 25.9 Å². The highest BCUT2D eigenvalue weighted by Gasteiger charge is 2.21. The molecule has 0 atom stereocenters. The number of rotatable bonds is 4. The zero-order chi connectivity index (χ0) is 13.8. The van der Waals surface area contributed by atoms with Gasteiger partial charge in [0.05, 0.1) is 6.10 Å². The maximum Gasteiger partial charge on any atom is 0.106 e. The van der Waals surface area contributed by atoms with Gasteiger partial charge in [0.2, 0.25) is 0 Å². The summed E-state index contributed by atoms with van der Waals surface area (Å²) in [6, 6.07) is 5.72. The van der Waals surface area contributed by atoms with Crippen LogP contribution in [0.3, 0.4) is 0 Å². The Hall–Kier alpha value is -0.840. The highest BCUT2D eigenvalue weighted by Crippen LogP contribution is 2.27. The third-order valence-electron chi connectivity index (χ3n) is 3.41. The summed E-state index contributed by atoms with van der Waals surface area (Å²) < 4.78 is 5.67. The molecule has 0 radical (unpaired) electrons. The SMILES string of the molecule is CCOC1CCN(c2ccc(Cl)cc2C(N)=S)CC1. The van der Waals surface area contributed by atoms with E-state index in [0.29, 0.717) is 16.1 Å². The van der Waals surface area contributed by atoms with Crippen LogP contribution in [0.2, 0.25) is 5.02 Å². The number of nitrogens with zero attached hydrogens (tertiary/aromatic N) is 1. The maximum absolute atomic E-state index is 6.01. The molecule has 1 aromatic rings. The molecule has 0 unspecified atom stereocenters. The lowest BCUT2D eigenvalue weighted by Crippen LogP contribution is -2.38. The van der Waals surface area contributed by atoms with Crippen molar-refractivity contribution in [3.05, 3.63) is 28.8 Å². The van der Waals surface area contributed by atoms with E-state index in [-0.39, 0.29) is 0 Å². The van der Waals surface area contributed by atoms with Crippen LogP contribution < -0.4 is 10.6 Å². The molecule has 0 aliphatic carbocycles. The van der Waals surface area contributed by atoms with Crippen LogP contribution in [-0.4, -0.2) is 30.8 Å². The minimum atomic E-state index is 0.377. The van der Waals surface area contributed by atoms with Crippen molar-refractivity contribution < 1.29 is 4.74 Å². The normalized spacial score (nSPS) is 16.6. The molecule has 19 heavy (non-hydrogen) atoms. The molecule has 1 heterocycles. The Kier molecular flexibility index (Phi) is 5.02. The van der Waals surface area contributed by atoms with Crippen LogP contribution in [0.1, 0.15) is 25.3 Å². The summed E-state index contributed by atoms with van der Waals surface area (Å²) in [6.07, 6.45) is 2.45. The first-order valence-corrected chi connectivity index (χ1v) is 7.36. The molecule has 0 saturated carbocycles. The highest BCUT2D eigenvalue weighted by molar-refractivity contribution is 7.80. The molecule has 1 saturated heterocycles. The zero-order valence-electron chi connectivity index (χ0n) is 11.1. The Morgan fingerprint density at radius 3 is 2.74 bits per heavy atom. The Bertz CT molecular complexity index is 459. The predicted octanol–water partition coefficient (Wildman–Crippen LogP) is 2.98. The van der Waals surface area contributed by atoms with E-state index < -0.39 is 0 Å². The van der Waals surface area contributed by atoms with Gasteiger partial charge in [0.25, 0.3) is 0 Å². The molecule has 1 fully saturated rings. The topological polar surface area (TPSA) is 38.5 Å². The summed E-state index contributed by atoms with van der Waals surface area (Å²) >= 11 is 11.1. The predicted molar refractivity (Wildman–Crippen MR) is 84.2 cm³/mol. The van der Waals surface area contributed by atoms with Gasteiger partial charge in [-0.2, -0.15) is 0 Å². The van der Waals surface area contributed by atoms with Gasteiger partial charge < -0.3 is 15.4 Å². The van der Waals surface area contributed by atoms with Crippen LogP contribution in [0, 0.1) is 0 Å². The molecule has 1 aromatic carbocycles. The number of nitrogens with two attached hydrogens (primary N) is 1. The fourth-order valence-corrected chi connectivity index (χ4v) is 2.82. The van der Waals surface area contributed by atoms with Crippen LogP contribution >= 0.6 is 23.8 Å². The van der Waals surface area contributed by atoms with Gasteiger partial charge in [-0.15, -0.1) is 0 Å². The Morgan fingerprint density at radius 1 is 1.47 bits per heavy atom. The van der Waals surface area contributed by atoms with Gasteiger partial charge >= 0.3 is 0 Å². The average Bonchev–Trinajstić information content (AvgIpc) is 2.40. The lowest BCUT2D eigenvalue weighted by Gasteiger charge is -2.34. The standard InChI is InChI=1S/C14H19ClN2OS/c1-2-18-11-5-7-17(8-6-11)13-4-3-10(15)9-12(13)14(16)19/h3-4,9,11H,2,5-8H2,1H3,(H2,16,19). The molecule has 2 N–H and O–H groups in total. The molecule has 5 heteroatoms. The molecule has 3 nitrogen and oxygen atoms in total. The summed E-state index contributed by atoms with van der Waals surface area (Å²) in [5.74, 6) is 0. The summed E-state index contributed by atoms with van der Waals surface area (Å²) in [7, 11) is 0. The van der Waals surface area contributed by atoms with Crippen molar-refractivity contribution in [1.29, 1.82) is 0 Å². The second kappa shape index (κ2) is 6.55. The third kappa shape index (κ3) is 3.59. The summed E-state index contributed by atoms with van der Waals surface area (Å²) in [5.41, 5.74) is 7.72. The van der Waals surface area contributed by atoms with Gasteiger partial charge in [-0.05, 0) is 38.0 Å². The molecular formula is C14H19ClN2OS. The smallest absolute Gasteiger partial charge is 0.106 e. The van der Waals surface area contributed by atoms with E-state index in [2.05, 4.69) is 4.90 Å². The monoisotopic (exact) mass is 298 g/mol. The van der Waals surface area contributed by atoms with Gasteiger partial charge in [0, 0.05) is 36.0 Å². The molecular weight excluding hydrogens is 280 g/mol. The first-order valence-electron chi connectivity index (χ1n) is 6.57. The zero-order valence-corrected chi connectivity index (χ0v) is 12.6. The van der Waals surface area contributed by atoms with Gasteiger partial charge in [-0.3, -0.25) is 0 Å². The van der Waals surface area contributed by atoms with Crippen LogP contribution in [0.4, 0.5) is 5.69 Å². The molecule has 0 spiro atoms. The van der Waals surface area contributed by atoms with Gasteiger partial charge in [0.1, 0.15) is 4.99 Å². The number of hydrogen-bond acceptors (Lipinski definition) is 3. The van der Waals surface area contributed by atoms with E-state index in [1.807, 2.05) is 25.1 Å². The lowest BCUT2D eigenvalue weighted by molar-refractivity contribution is 0.0459. The first-order chi connectivity index (χ1) is 9.11. The number of ether oxygens (including phenoxy) is 1. The van der Waals surface area contributed by atoms with E-state index >= 15 is 0 Å². The fraction of sp³-hybridized carbons (Fsp3) is 0.500. The molecule has 0 aromatic heterocycles. The van der Waals surface area contributed by atoms with Crippen molar-refractivity contribution >= 4 is 34.5 Å². The van der Waals surface area contributed by atoms with Gasteiger partial charge in [-0.25, -0.2) is 0 Å². The molecule has 104 valence electrons. The van der Waals surface area contributed by atoms with Crippen LogP contribution in [-0.2, 0) is 4.74 Å².